The van der Waals surface area contributed by atoms with E-state index >= 15 is 0 Å². The third kappa shape index (κ3) is 3.83. The highest BCUT2D eigenvalue weighted by Gasteiger charge is 2.46. The largest absolute Gasteiger partial charge is 0.497 e. The van der Waals surface area contributed by atoms with Gasteiger partial charge in [-0.3, -0.25) is 9.59 Å². The van der Waals surface area contributed by atoms with Gasteiger partial charge in [0, 0.05) is 6.54 Å². The number of imide groups is 1. The van der Waals surface area contributed by atoms with Crippen molar-refractivity contribution in [2.45, 2.75) is 17.4 Å². The van der Waals surface area contributed by atoms with E-state index in [1.54, 1.807) is 0 Å². The van der Waals surface area contributed by atoms with E-state index < -0.39 is 27.9 Å². The van der Waals surface area contributed by atoms with E-state index in [9.17, 15) is 18.0 Å². The standard InChI is InChI=1S/C21H19N3O5S/c1-3-12-23(30(27,28)18-10-8-17(29-2)9-11-18)19-13-20(25)24(21(19)26)16-6-4-15(14-22)5-7-16/h3-11,19H,1,12-13H2,2H3. The number of carbonyl (C=O) groups is 2. The molecule has 0 radical (unpaired) electrons. The Bertz CT molecular complexity index is 1120. The number of anilines is 1. The first-order chi connectivity index (χ1) is 14.3. The van der Waals surface area contributed by atoms with Gasteiger partial charge in [-0.2, -0.15) is 9.57 Å². The fourth-order valence-corrected chi connectivity index (χ4v) is 4.75. The van der Waals surface area contributed by atoms with Gasteiger partial charge in [-0.15, -0.1) is 6.58 Å². The number of sulfonamides is 1. The van der Waals surface area contributed by atoms with E-state index in [1.165, 1.54) is 61.7 Å². The number of amides is 2. The molecule has 0 bridgehead atoms. The van der Waals surface area contributed by atoms with E-state index in [0.29, 0.717) is 11.3 Å². The van der Waals surface area contributed by atoms with Crippen LogP contribution in [-0.4, -0.2) is 44.2 Å². The normalized spacial score (nSPS) is 16.6. The molecule has 1 aliphatic rings. The van der Waals surface area contributed by atoms with Crippen LogP contribution in [-0.2, 0) is 19.6 Å². The molecule has 154 valence electrons. The van der Waals surface area contributed by atoms with Gasteiger partial charge in [0.15, 0.2) is 0 Å². The molecule has 1 atom stereocenters. The van der Waals surface area contributed by atoms with E-state index in [0.717, 1.165) is 9.21 Å². The summed E-state index contributed by atoms with van der Waals surface area (Å²) in [6, 6.07) is 12.5. The van der Waals surface area contributed by atoms with Crippen molar-refractivity contribution in [3.05, 3.63) is 66.7 Å². The minimum Gasteiger partial charge on any atom is -0.497 e. The molecular weight excluding hydrogens is 406 g/mol. The topological polar surface area (TPSA) is 108 Å². The Hall–Kier alpha value is -3.48. The van der Waals surface area contributed by atoms with Crippen LogP contribution in [0.4, 0.5) is 5.69 Å². The number of nitrogens with zero attached hydrogens (tertiary/aromatic N) is 3. The van der Waals surface area contributed by atoms with Crippen LogP contribution in [0.2, 0.25) is 0 Å². The molecule has 1 fully saturated rings. The van der Waals surface area contributed by atoms with Crippen LogP contribution in [0.5, 0.6) is 5.75 Å². The molecule has 1 heterocycles. The first-order valence-electron chi connectivity index (χ1n) is 8.97. The smallest absolute Gasteiger partial charge is 0.252 e. The van der Waals surface area contributed by atoms with E-state index in [4.69, 9.17) is 10.00 Å². The third-order valence-electron chi connectivity index (χ3n) is 4.70. The summed E-state index contributed by atoms with van der Waals surface area (Å²) in [5.74, 6) is -0.680. The molecular formula is C21H19N3O5S. The molecule has 8 nitrogen and oxygen atoms in total. The zero-order valence-corrected chi connectivity index (χ0v) is 17.0. The van der Waals surface area contributed by atoms with Crippen molar-refractivity contribution < 1.29 is 22.7 Å². The third-order valence-corrected chi connectivity index (χ3v) is 6.59. The minimum atomic E-state index is -4.08. The SMILES string of the molecule is C=CCN(C1CC(=O)N(c2ccc(C#N)cc2)C1=O)S(=O)(=O)c1ccc(OC)cc1. The summed E-state index contributed by atoms with van der Waals surface area (Å²) in [7, 11) is -2.61. The van der Waals surface area contributed by atoms with Gasteiger partial charge in [0.2, 0.25) is 15.9 Å². The van der Waals surface area contributed by atoms with Crippen molar-refractivity contribution in [3.63, 3.8) is 0 Å². The van der Waals surface area contributed by atoms with Crippen LogP contribution in [0.15, 0.2) is 66.1 Å². The summed E-state index contributed by atoms with van der Waals surface area (Å²) in [6.07, 6.45) is 1.07. The van der Waals surface area contributed by atoms with Gasteiger partial charge in [0.05, 0.1) is 35.7 Å². The number of hydrogen-bond donors (Lipinski definition) is 0. The molecule has 0 saturated carbocycles. The summed E-state index contributed by atoms with van der Waals surface area (Å²) in [4.78, 5) is 26.6. The van der Waals surface area contributed by atoms with Crippen LogP contribution in [0.25, 0.3) is 0 Å². The quantitative estimate of drug-likeness (QED) is 0.496. The second kappa shape index (κ2) is 8.49. The number of nitriles is 1. The maximum atomic E-state index is 13.2. The number of hydrogen-bond acceptors (Lipinski definition) is 6. The average molecular weight is 425 g/mol. The second-order valence-electron chi connectivity index (χ2n) is 6.48. The Labute approximate surface area is 174 Å². The molecule has 3 rings (SSSR count). The maximum Gasteiger partial charge on any atom is 0.252 e. The zero-order chi connectivity index (χ0) is 21.9. The number of ether oxygens (including phenoxy) is 1. The lowest BCUT2D eigenvalue weighted by atomic mass is 10.2. The molecule has 0 spiro atoms. The number of carbonyl (C=O) groups excluding carboxylic acids is 2. The maximum absolute atomic E-state index is 13.2. The fraction of sp³-hybridized carbons (Fsp3) is 0.190. The number of methoxy groups -OCH3 is 1. The van der Waals surface area contributed by atoms with Crippen molar-refractivity contribution >= 4 is 27.5 Å². The molecule has 1 unspecified atom stereocenters. The molecule has 30 heavy (non-hydrogen) atoms. The Morgan fingerprint density at radius 1 is 1.20 bits per heavy atom. The van der Waals surface area contributed by atoms with Crippen molar-refractivity contribution in [2.75, 3.05) is 18.6 Å². The lowest BCUT2D eigenvalue weighted by molar-refractivity contribution is -0.122. The predicted molar refractivity (Wildman–Crippen MR) is 109 cm³/mol. The molecule has 0 aromatic heterocycles. The summed E-state index contributed by atoms with van der Waals surface area (Å²) >= 11 is 0. The Morgan fingerprint density at radius 3 is 2.37 bits per heavy atom. The van der Waals surface area contributed by atoms with Crippen molar-refractivity contribution in [3.8, 4) is 11.8 Å². The lowest BCUT2D eigenvalue weighted by Gasteiger charge is -2.25. The van der Waals surface area contributed by atoms with Crippen molar-refractivity contribution in [1.29, 1.82) is 5.26 Å². The average Bonchev–Trinajstić information content (AvgIpc) is 3.05. The van der Waals surface area contributed by atoms with E-state index in [2.05, 4.69) is 6.58 Å². The van der Waals surface area contributed by atoms with Gasteiger partial charge < -0.3 is 4.74 Å². The Morgan fingerprint density at radius 2 is 1.83 bits per heavy atom. The molecule has 2 aromatic rings. The highest BCUT2D eigenvalue weighted by molar-refractivity contribution is 7.89. The van der Waals surface area contributed by atoms with Gasteiger partial charge in [-0.05, 0) is 48.5 Å². The fourth-order valence-electron chi connectivity index (χ4n) is 3.20. The van der Waals surface area contributed by atoms with Gasteiger partial charge in [-0.1, -0.05) is 6.08 Å². The highest BCUT2D eigenvalue weighted by Crippen LogP contribution is 2.30. The van der Waals surface area contributed by atoms with E-state index in [1.807, 2.05) is 6.07 Å². The number of rotatable bonds is 7. The van der Waals surface area contributed by atoms with Crippen molar-refractivity contribution in [1.82, 2.24) is 4.31 Å². The number of benzene rings is 2. The van der Waals surface area contributed by atoms with Crippen LogP contribution < -0.4 is 9.64 Å². The summed E-state index contributed by atoms with van der Waals surface area (Å²) in [5, 5.41) is 8.91. The molecule has 2 amide bonds. The van der Waals surface area contributed by atoms with Crippen LogP contribution in [0, 0.1) is 11.3 Å². The molecule has 9 heteroatoms. The molecule has 2 aromatic carbocycles. The first-order valence-corrected chi connectivity index (χ1v) is 10.4. The molecule has 1 aliphatic heterocycles. The molecule has 0 aliphatic carbocycles. The van der Waals surface area contributed by atoms with Crippen LogP contribution >= 0.6 is 0 Å². The summed E-state index contributed by atoms with van der Waals surface area (Å²) in [5.41, 5.74) is 0.664. The monoisotopic (exact) mass is 425 g/mol. The first kappa shape index (κ1) is 21.2. The van der Waals surface area contributed by atoms with Crippen molar-refractivity contribution in [2.24, 2.45) is 0 Å². The Kier molecular flexibility index (Phi) is 6.01. The van der Waals surface area contributed by atoms with Gasteiger partial charge >= 0.3 is 0 Å². The van der Waals surface area contributed by atoms with Gasteiger partial charge in [0.25, 0.3) is 5.91 Å². The summed E-state index contributed by atoms with van der Waals surface area (Å²) in [6.45, 7) is 3.44. The predicted octanol–water partition coefficient (Wildman–Crippen LogP) is 2.08. The molecule has 1 saturated heterocycles. The Balaban J connectivity index is 1.95. The molecule has 0 N–H and O–H groups in total. The summed E-state index contributed by atoms with van der Waals surface area (Å²) < 4.78 is 32.4. The van der Waals surface area contributed by atoms with Crippen LogP contribution in [0.1, 0.15) is 12.0 Å². The lowest BCUT2D eigenvalue weighted by Crippen LogP contribution is -2.45. The highest BCUT2D eigenvalue weighted by atomic mass is 32.2. The van der Waals surface area contributed by atoms with Crippen LogP contribution in [0.3, 0.4) is 0 Å². The second-order valence-corrected chi connectivity index (χ2v) is 8.38. The van der Waals surface area contributed by atoms with E-state index in [-0.39, 0.29) is 23.5 Å². The van der Waals surface area contributed by atoms with Gasteiger partial charge in [0.1, 0.15) is 11.8 Å². The minimum absolute atomic E-state index is 0.0257. The zero-order valence-electron chi connectivity index (χ0n) is 16.2. The van der Waals surface area contributed by atoms with Gasteiger partial charge in [-0.25, -0.2) is 13.3 Å².